The third-order valence-electron chi connectivity index (χ3n) is 6.23. The van der Waals surface area contributed by atoms with E-state index >= 15 is 0 Å². The first-order chi connectivity index (χ1) is 14.8. The van der Waals surface area contributed by atoms with Crippen molar-refractivity contribution >= 4 is 40.5 Å². The molecule has 2 N–H and O–H groups in total. The lowest BCUT2D eigenvalue weighted by Gasteiger charge is -2.30. The summed E-state index contributed by atoms with van der Waals surface area (Å²) >= 11 is 5.39. The van der Waals surface area contributed by atoms with Gasteiger partial charge in [0, 0.05) is 45.5 Å². The Hall–Kier alpha value is -2.86. The van der Waals surface area contributed by atoms with E-state index in [2.05, 4.69) is 92.6 Å². The second-order valence-electron chi connectivity index (χ2n) is 8.75. The van der Waals surface area contributed by atoms with Gasteiger partial charge in [0.2, 0.25) is 0 Å². The summed E-state index contributed by atoms with van der Waals surface area (Å²) in [6.07, 6.45) is 5.54. The third-order valence-corrected chi connectivity index (χ3v) is 6.42. The smallest absolute Gasteiger partial charge is 0.187 e. The van der Waals surface area contributed by atoms with Crippen LogP contribution in [0.2, 0.25) is 0 Å². The van der Waals surface area contributed by atoms with Crippen molar-refractivity contribution < 1.29 is 0 Å². The van der Waals surface area contributed by atoms with Crippen molar-refractivity contribution in [3.63, 3.8) is 0 Å². The predicted octanol–water partition coefficient (Wildman–Crippen LogP) is 4.66. The molecule has 31 heavy (non-hydrogen) atoms. The van der Waals surface area contributed by atoms with Gasteiger partial charge in [-0.05, 0) is 78.5 Å². The highest BCUT2D eigenvalue weighted by atomic mass is 32.1. The highest BCUT2D eigenvalue weighted by Gasteiger charge is 2.42. The summed E-state index contributed by atoms with van der Waals surface area (Å²) in [4.78, 5) is 4.22. The lowest BCUT2D eigenvalue weighted by molar-refractivity contribution is 0.305. The molecule has 5 nitrogen and oxygen atoms in total. The van der Waals surface area contributed by atoms with Crippen LogP contribution in [0.1, 0.15) is 36.4 Å². The Labute approximate surface area is 190 Å². The molecule has 2 aromatic rings. The number of nitrogens with two attached hydrogens (primary N) is 1. The quantitative estimate of drug-likeness (QED) is 0.711. The fraction of sp³-hybridized carbons (Fsp3) is 0.360. The van der Waals surface area contributed by atoms with Crippen LogP contribution in [-0.4, -0.2) is 44.0 Å². The highest BCUT2D eigenvalue weighted by Crippen LogP contribution is 2.44. The Morgan fingerprint density at radius 2 is 1.58 bits per heavy atom. The molecule has 0 unspecified atom stereocenters. The van der Waals surface area contributed by atoms with Crippen molar-refractivity contribution in [3.05, 3.63) is 65.2 Å². The largest absolute Gasteiger partial charge is 0.378 e. The zero-order valence-corrected chi connectivity index (χ0v) is 19.6. The van der Waals surface area contributed by atoms with E-state index in [9.17, 15) is 0 Å². The Morgan fingerprint density at radius 1 is 1.00 bits per heavy atom. The molecule has 0 bridgehead atoms. The van der Waals surface area contributed by atoms with Crippen molar-refractivity contribution in [3.8, 4) is 0 Å². The Kier molecular flexibility index (Phi) is 6.01. The minimum Gasteiger partial charge on any atom is -0.378 e. The third kappa shape index (κ3) is 4.30. The molecule has 1 aliphatic heterocycles. The van der Waals surface area contributed by atoms with Gasteiger partial charge in [-0.3, -0.25) is 0 Å². The molecule has 1 fully saturated rings. The van der Waals surface area contributed by atoms with Crippen LogP contribution >= 0.6 is 12.2 Å². The standard InChI is InChI=1S/C25H31N5S/c1-28(2)20-12-8-17(9-13-20)16-19-6-5-7-22-23(19)27-30(25(26)31)24(22)18-10-14-21(15-11-18)29(3)4/h8-16,22,24H,5-7H2,1-4H3,(H2,26,31)/b19-16+/t22-,24-/m0/s1. The zero-order valence-electron chi connectivity index (χ0n) is 18.7. The molecule has 2 aliphatic rings. The van der Waals surface area contributed by atoms with Crippen molar-refractivity contribution in [1.29, 1.82) is 0 Å². The lowest BCUT2D eigenvalue weighted by Crippen LogP contribution is -2.35. The van der Waals surface area contributed by atoms with E-state index in [4.69, 9.17) is 23.1 Å². The van der Waals surface area contributed by atoms with Crippen LogP contribution in [0.5, 0.6) is 0 Å². The number of benzene rings is 2. The molecule has 6 heteroatoms. The first kappa shape index (κ1) is 21.4. The van der Waals surface area contributed by atoms with Gasteiger partial charge in [-0.25, -0.2) is 5.01 Å². The molecular formula is C25H31N5S. The predicted molar refractivity (Wildman–Crippen MR) is 136 cm³/mol. The second kappa shape index (κ2) is 8.71. The topological polar surface area (TPSA) is 48.1 Å². The molecular weight excluding hydrogens is 402 g/mol. The number of thiocarbonyl (C=S) groups is 1. The normalized spacial score (nSPS) is 21.6. The van der Waals surface area contributed by atoms with E-state index < -0.39 is 0 Å². The Bertz CT molecular complexity index is 1010. The van der Waals surface area contributed by atoms with Gasteiger partial charge in [-0.2, -0.15) is 5.10 Å². The van der Waals surface area contributed by atoms with Crippen LogP contribution in [-0.2, 0) is 0 Å². The molecule has 0 amide bonds. The van der Waals surface area contributed by atoms with Gasteiger partial charge in [0.25, 0.3) is 0 Å². The van der Waals surface area contributed by atoms with Crippen LogP contribution in [0.4, 0.5) is 11.4 Å². The number of anilines is 2. The van der Waals surface area contributed by atoms with Gasteiger partial charge in [0.05, 0.1) is 11.8 Å². The number of hydrogen-bond donors (Lipinski definition) is 1. The molecule has 0 radical (unpaired) electrons. The van der Waals surface area contributed by atoms with Crippen LogP contribution in [0, 0.1) is 5.92 Å². The van der Waals surface area contributed by atoms with Crippen molar-refractivity contribution in [2.75, 3.05) is 38.0 Å². The molecule has 1 aliphatic carbocycles. The number of rotatable bonds is 4. The maximum atomic E-state index is 6.12. The Morgan fingerprint density at radius 3 is 2.13 bits per heavy atom. The van der Waals surface area contributed by atoms with Crippen LogP contribution < -0.4 is 15.5 Å². The first-order valence-corrected chi connectivity index (χ1v) is 11.2. The fourth-order valence-corrected chi connectivity index (χ4v) is 4.71. The number of fused-ring (bicyclic) bond motifs is 1. The highest BCUT2D eigenvalue weighted by molar-refractivity contribution is 7.80. The lowest BCUT2D eigenvalue weighted by atomic mass is 9.77. The van der Waals surface area contributed by atoms with Gasteiger partial charge < -0.3 is 15.5 Å². The average Bonchev–Trinajstić information content (AvgIpc) is 3.15. The van der Waals surface area contributed by atoms with E-state index in [0.29, 0.717) is 11.0 Å². The minimum atomic E-state index is 0.0588. The molecule has 1 heterocycles. The summed E-state index contributed by atoms with van der Waals surface area (Å²) in [5.74, 6) is 0.299. The molecule has 162 valence electrons. The number of hydrogen-bond acceptors (Lipinski definition) is 4. The molecule has 2 atom stereocenters. The van der Waals surface area contributed by atoms with E-state index in [1.54, 1.807) is 0 Å². The van der Waals surface area contributed by atoms with Gasteiger partial charge in [0.1, 0.15) is 0 Å². The number of hydrazone groups is 1. The molecule has 0 aromatic heterocycles. The summed E-state index contributed by atoms with van der Waals surface area (Å²) < 4.78 is 0. The molecule has 4 rings (SSSR count). The second-order valence-corrected chi connectivity index (χ2v) is 9.17. The SMILES string of the molecule is CN(C)c1ccc(/C=C2\CCC[C@H]3C2=NN(C(N)=S)[C@H]3c2ccc(N(C)C)cc2)cc1. The van der Waals surface area contributed by atoms with Gasteiger partial charge >= 0.3 is 0 Å². The molecule has 2 aromatic carbocycles. The van der Waals surface area contributed by atoms with Gasteiger partial charge in [0.15, 0.2) is 5.11 Å². The fourth-order valence-electron chi connectivity index (χ4n) is 4.56. The summed E-state index contributed by atoms with van der Waals surface area (Å²) in [6.45, 7) is 0. The van der Waals surface area contributed by atoms with Crippen molar-refractivity contribution in [1.82, 2.24) is 5.01 Å². The number of allylic oxidation sites excluding steroid dienone is 1. The molecule has 1 saturated carbocycles. The van der Waals surface area contributed by atoms with Crippen LogP contribution in [0.25, 0.3) is 6.08 Å². The van der Waals surface area contributed by atoms with Gasteiger partial charge in [-0.1, -0.05) is 24.3 Å². The summed E-state index contributed by atoms with van der Waals surface area (Å²) in [5, 5.41) is 7.13. The van der Waals surface area contributed by atoms with E-state index in [1.807, 2.05) is 5.01 Å². The summed E-state index contributed by atoms with van der Waals surface area (Å²) in [6, 6.07) is 17.4. The maximum absolute atomic E-state index is 6.12. The van der Waals surface area contributed by atoms with Gasteiger partial charge in [-0.15, -0.1) is 0 Å². The van der Waals surface area contributed by atoms with E-state index in [0.717, 1.165) is 25.0 Å². The minimum absolute atomic E-state index is 0.0588. The zero-order chi connectivity index (χ0) is 22.1. The number of nitrogens with zero attached hydrogens (tertiary/aromatic N) is 4. The van der Waals surface area contributed by atoms with Crippen LogP contribution in [0.15, 0.2) is 59.2 Å². The van der Waals surface area contributed by atoms with Crippen molar-refractivity contribution in [2.24, 2.45) is 16.8 Å². The van der Waals surface area contributed by atoms with Crippen molar-refractivity contribution in [2.45, 2.75) is 25.3 Å². The summed E-state index contributed by atoms with van der Waals surface area (Å²) in [7, 11) is 8.22. The van der Waals surface area contributed by atoms with E-state index in [-0.39, 0.29) is 6.04 Å². The Balaban J connectivity index is 1.66. The molecule has 0 saturated heterocycles. The van der Waals surface area contributed by atoms with Crippen LogP contribution in [0.3, 0.4) is 0 Å². The monoisotopic (exact) mass is 433 g/mol. The summed E-state index contributed by atoms with van der Waals surface area (Å²) in [5.41, 5.74) is 13.3. The maximum Gasteiger partial charge on any atom is 0.187 e. The first-order valence-electron chi connectivity index (χ1n) is 10.8. The average molecular weight is 434 g/mol. The van der Waals surface area contributed by atoms with E-state index in [1.165, 1.54) is 28.1 Å². The molecule has 0 spiro atoms.